The number of hydrogen-bond acceptors (Lipinski definition) is 5. The molecule has 1 aromatic heterocycles. The number of benzene rings is 1. The highest BCUT2D eigenvalue weighted by molar-refractivity contribution is 7.89. The summed E-state index contributed by atoms with van der Waals surface area (Å²) >= 11 is 0. The van der Waals surface area contributed by atoms with Crippen LogP contribution in [0.3, 0.4) is 0 Å². The van der Waals surface area contributed by atoms with Crippen LogP contribution in [0, 0.1) is 6.92 Å². The summed E-state index contributed by atoms with van der Waals surface area (Å²) in [6, 6.07) is 4.69. The number of furan rings is 1. The van der Waals surface area contributed by atoms with Crippen LogP contribution >= 0.6 is 0 Å². The van der Waals surface area contributed by atoms with Crippen LogP contribution in [0.25, 0.3) is 11.0 Å². The Hall–Kier alpha value is -1.90. The molecule has 2 aromatic rings. The van der Waals surface area contributed by atoms with Crippen molar-refractivity contribution in [1.82, 2.24) is 9.21 Å². The molecule has 130 valence electrons. The van der Waals surface area contributed by atoms with Gasteiger partial charge in [0.05, 0.1) is 18.1 Å². The van der Waals surface area contributed by atoms with E-state index in [-0.39, 0.29) is 16.6 Å². The lowest BCUT2D eigenvalue weighted by molar-refractivity contribution is 0.0730. The van der Waals surface area contributed by atoms with Crippen molar-refractivity contribution >= 4 is 26.9 Å². The van der Waals surface area contributed by atoms with Crippen LogP contribution in [0.2, 0.25) is 0 Å². The number of ether oxygens (including phenoxy) is 1. The Labute approximate surface area is 140 Å². The Morgan fingerprint density at radius 1 is 1.21 bits per heavy atom. The molecule has 0 atom stereocenters. The first-order valence-electron chi connectivity index (χ1n) is 7.65. The zero-order valence-corrected chi connectivity index (χ0v) is 14.7. The van der Waals surface area contributed by atoms with E-state index in [9.17, 15) is 13.2 Å². The van der Waals surface area contributed by atoms with Crippen LogP contribution in [-0.2, 0) is 14.8 Å². The number of rotatable bonds is 3. The Morgan fingerprint density at radius 2 is 1.88 bits per heavy atom. The molecular weight excluding hydrogens is 332 g/mol. The number of morpholine rings is 1. The van der Waals surface area contributed by atoms with Crippen molar-refractivity contribution < 1.29 is 22.4 Å². The van der Waals surface area contributed by atoms with Crippen LogP contribution in [0.5, 0.6) is 0 Å². The second-order valence-electron chi connectivity index (χ2n) is 5.93. The number of aryl methyl sites for hydroxylation is 1. The highest BCUT2D eigenvalue weighted by atomic mass is 32.2. The van der Waals surface area contributed by atoms with Crippen LogP contribution in [0.4, 0.5) is 0 Å². The summed E-state index contributed by atoms with van der Waals surface area (Å²) in [6.07, 6.45) is 0. The highest BCUT2D eigenvalue weighted by Gasteiger charge is 2.27. The van der Waals surface area contributed by atoms with Crippen molar-refractivity contribution in [3.63, 3.8) is 0 Å². The molecule has 1 amide bonds. The van der Waals surface area contributed by atoms with Gasteiger partial charge in [0.1, 0.15) is 5.58 Å². The first kappa shape index (κ1) is 16.9. The number of nitrogens with zero attached hydrogens (tertiary/aromatic N) is 2. The molecular formula is C16H20N2O5S. The molecule has 2 heterocycles. The molecule has 0 spiro atoms. The number of carbonyl (C=O) groups is 1. The minimum atomic E-state index is -3.58. The average molecular weight is 352 g/mol. The Morgan fingerprint density at radius 3 is 2.50 bits per heavy atom. The van der Waals surface area contributed by atoms with Crippen LogP contribution < -0.4 is 0 Å². The fourth-order valence-corrected chi connectivity index (χ4v) is 4.14. The van der Waals surface area contributed by atoms with Gasteiger partial charge in [-0.05, 0) is 25.1 Å². The molecule has 0 N–H and O–H groups in total. The fraction of sp³-hybridized carbons (Fsp3) is 0.438. The molecule has 1 aliphatic rings. The van der Waals surface area contributed by atoms with E-state index in [1.165, 1.54) is 15.3 Å². The summed E-state index contributed by atoms with van der Waals surface area (Å²) in [6.45, 7) is 3.24. The van der Waals surface area contributed by atoms with Gasteiger partial charge in [0, 0.05) is 38.1 Å². The second kappa shape index (κ2) is 6.19. The van der Waals surface area contributed by atoms with Gasteiger partial charge in [0.15, 0.2) is 5.76 Å². The third-order valence-electron chi connectivity index (χ3n) is 4.12. The summed E-state index contributed by atoms with van der Waals surface area (Å²) in [4.78, 5) is 13.8. The molecule has 0 saturated carbocycles. The van der Waals surface area contributed by atoms with Gasteiger partial charge in [0.2, 0.25) is 10.0 Å². The van der Waals surface area contributed by atoms with Crippen LogP contribution in [0.15, 0.2) is 27.5 Å². The van der Waals surface area contributed by atoms with E-state index < -0.39 is 10.0 Å². The molecule has 0 radical (unpaired) electrons. The van der Waals surface area contributed by atoms with Gasteiger partial charge in [-0.3, -0.25) is 4.79 Å². The summed E-state index contributed by atoms with van der Waals surface area (Å²) in [5, 5.41) is 0.634. The number of carbonyl (C=O) groups excluding carboxylic acids is 1. The zero-order chi connectivity index (χ0) is 17.5. The number of sulfonamides is 1. The van der Waals surface area contributed by atoms with E-state index in [0.29, 0.717) is 42.8 Å². The largest absolute Gasteiger partial charge is 0.451 e. The van der Waals surface area contributed by atoms with Crippen molar-refractivity contribution in [2.24, 2.45) is 0 Å². The molecule has 1 aliphatic heterocycles. The highest BCUT2D eigenvalue weighted by Crippen LogP contribution is 2.29. The van der Waals surface area contributed by atoms with E-state index >= 15 is 0 Å². The number of hydrogen-bond donors (Lipinski definition) is 0. The van der Waals surface area contributed by atoms with Crippen LogP contribution in [-0.4, -0.2) is 63.9 Å². The lowest BCUT2D eigenvalue weighted by atomic mass is 10.1. The molecule has 0 unspecified atom stereocenters. The summed E-state index contributed by atoms with van der Waals surface area (Å²) in [7, 11) is -0.297. The molecule has 8 heteroatoms. The van der Waals surface area contributed by atoms with Crippen LogP contribution in [0.1, 0.15) is 16.1 Å². The molecule has 1 fully saturated rings. The van der Waals surface area contributed by atoms with Crippen molar-refractivity contribution in [2.45, 2.75) is 11.8 Å². The fourth-order valence-electron chi connectivity index (χ4n) is 2.70. The predicted molar refractivity (Wildman–Crippen MR) is 88.5 cm³/mol. The molecule has 3 rings (SSSR count). The number of fused-ring (bicyclic) bond motifs is 1. The maximum Gasteiger partial charge on any atom is 0.289 e. The van der Waals surface area contributed by atoms with Gasteiger partial charge in [-0.15, -0.1) is 0 Å². The first-order valence-corrected chi connectivity index (χ1v) is 9.09. The topological polar surface area (TPSA) is 80.1 Å². The minimum Gasteiger partial charge on any atom is -0.451 e. The third-order valence-corrected chi connectivity index (χ3v) is 6.01. The van der Waals surface area contributed by atoms with Gasteiger partial charge in [0.25, 0.3) is 5.91 Å². The van der Waals surface area contributed by atoms with Gasteiger partial charge in [-0.25, -0.2) is 8.42 Å². The Kier molecular flexibility index (Phi) is 4.37. The standard InChI is InChI=1S/C16H20N2O5S/c1-11-13-10-12(24(20,21)18-6-8-22-9-7-18)4-5-14(13)23-15(11)16(19)17(2)3/h4-5,10H,6-9H2,1-3H3. The predicted octanol–water partition coefficient (Wildman–Crippen LogP) is 1.46. The van der Waals surface area contributed by atoms with Crippen molar-refractivity contribution in [1.29, 1.82) is 0 Å². The summed E-state index contributed by atoms with van der Waals surface area (Å²) in [5.74, 6) is -0.0165. The maximum atomic E-state index is 12.8. The molecule has 1 saturated heterocycles. The normalized spacial score (nSPS) is 16.5. The quantitative estimate of drug-likeness (QED) is 0.836. The lowest BCUT2D eigenvalue weighted by Crippen LogP contribution is -2.40. The number of amides is 1. The molecule has 1 aromatic carbocycles. The second-order valence-corrected chi connectivity index (χ2v) is 7.87. The maximum absolute atomic E-state index is 12.8. The van der Waals surface area contributed by atoms with Gasteiger partial charge in [-0.2, -0.15) is 4.31 Å². The SMILES string of the molecule is Cc1c(C(=O)N(C)C)oc2ccc(S(=O)(=O)N3CCOCC3)cc12. The first-order chi connectivity index (χ1) is 11.3. The smallest absolute Gasteiger partial charge is 0.289 e. The summed E-state index contributed by atoms with van der Waals surface area (Å²) < 4.78 is 37.8. The van der Waals surface area contributed by atoms with E-state index in [4.69, 9.17) is 9.15 Å². The molecule has 0 bridgehead atoms. The monoisotopic (exact) mass is 352 g/mol. The third kappa shape index (κ3) is 2.81. The van der Waals surface area contributed by atoms with Gasteiger partial charge < -0.3 is 14.1 Å². The van der Waals surface area contributed by atoms with E-state index in [2.05, 4.69) is 0 Å². The van der Waals surface area contributed by atoms with Crippen molar-refractivity contribution in [2.75, 3.05) is 40.4 Å². The van der Waals surface area contributed by atoms with Gasteiger partial charge in [-0.1, -0.05) is 0 Å². The molecule has 24 heavy (non-hydrogen) atoms. The summed E-state index contributed by atoms with van der Waals surface area (Å²) in [5.41, 5.74) is 1.14. The molecule has 7 nitrogen and oxygen atoms in total. The van der Waals surface area contributed by atoms with Crippen molar-refractivity contribution in [3.05, 3.63) is 29.5 Å². The Balaban J connectivity index is 2.05. The average Bonchev–Trinajstić information content (AvgIpc) is 2.91. The van der Waals surface area contributed by atoms with Crippen molar-refractivity contribution in [3.8, 4) is 0 Å². The Bertz CT molecular complexity index is 879. The van der Waals surface area contributed by atoms with E-state index in [1.807, 2.05) is 0 Å². The van der Waals surface area contributed by atoms with Gasteiger partial charge >= 0.3 is 0 Å². The van der Waals surface area contributed by atoms with E-state index in [1.54, 1.807) is 33.2 Å². The lowest BCUT2D eigenvalue weighted by Gasteiger charge is -2.26. The van der Waals surface area contributed by atoms with E-state index in [0.717, 1.165) is 0 Å². The minimum absolute atomic E-state index is 0.199. The molecule has 0 aliphatic carbocycles. The zero-order valence-electron chi connectivity index (χ0n) is 13.9.